The van der Waals surface area contributed by atoms with Crippen LogP contribution in [0.1, 0.15) is 34.1 Å². The minimum atomic E-state index is -1.11. The quantitative estimate of drug-likeness (QED) is 0.639. The molecule has 30 heavy (non-hydrogen) atoms. The first-order chi connectivity index (χ1) is 14.4. The highest BCUT2D eigenvalue weighted by Gasteiger charge is 2.15. The molecule has 0 radical (unpaired) electrons. The van der Waals surface area contributed by atoms with Gasteiger partial charge in [-0.15, -0.1) is 0 Å². The first kappa shape index (κ1) is 20.9. The zero-order valence-corrected chi connectivity index (χ0v) is 17.1. The Morgan fingerprint density at radius 2 is 1.80 bits per heavy atom. The highest BCUT2D eigenvalue weighted by Crippen LogP contribution is 2.40. The number of hydrogen-bond acceptors (Lipinski definition) is 6. The fourth-order valence-corrected chi connectivity index (χ4v) is 3.21. The second-order valence-electron chi connectivity index (χ2n) is 6.34. The van der Waals surface area contributed by atoms with Crippen molar-refractivity contribution < 1.29 is 24.1 Å². The largest absolute Gasteiger partial charge is 0.493 e. The lowest BCUT2D eigenvalue weighted by molar-refractivity contribution is 0.0696. The van der Waals surface area contributed by atoms with E-state index in [0.717, 1.165) is 5.56 Å². The highest BCUT2D eigenvalue weighted by molar-refractivity contribution is 5.87. The first-order valence-corrected chi connectivity index (χ1v) is 9.20. The predicted molar refractivity (Wildman–Crippen MR) is 113 cm³/mol. The third kappa shape index (κ3) is 3.71. The van der Waals surface area contributed by atoms with Crippen molar-refractivity contribution in [3.8, 4) is 17.2 Å². The van der Waals surface area contributed by atoms with E-state index in [1.807, 2.05) is 13.0 Å². The van der Waals surface area contributed by atoms with Gasteiger partial charge in [0.1, 0.15) is 5.65 Å². The Balaban J connectivity index is 2.14. The molecule has 2 heterocycles. The van der Waals surface area contributed by atoms with Crippen LogP contribution in [-0.4, -0.2) is 41.8 Å². The molecule has 0 aliphatic carbocycles. The number of carboxylic acid groups (broad SMARTS) is 1. The number of hydrogen-bond donors (Lipinski definition) is 1. The molecule has 0 atom stereocenters. The van der Waals surface area contributed by atoms with Crippen LogP contribution in [0.2, 0.25) is 0 Å². The Kier molecular flexibility index (Phi) is 6.06. The molecule has 8 heteroatoms. The number of aromatic carboxylic acids is 1. The van der Waals surface area contributed by atoms with Gasteiger partial charge in [-0.3, -0.25) is 9.20 Å². The van der Waals surface area contributed by atoms with Crippen LogP contribution in [0.3, 0.4) is 0 Å². The molecule has 3 rings (SSSR count). The van der Waals surface area contributed by atoms with Gasteiger partial charge in [0.2, 0.25) is 5.75 Å². The molecule has 1 aromatic carbocycles. The maximum atomic E-state index is 12.9. The molecule has 0 amide bonds. The number of carboxylic acids is 1. The summed E-state index contributed by atoms with van der Waals surface area (Å²) in [5, 5.41) is 9.18. The fraction of sp³-hybridized carbons (Fsp3) is 0.227. The van der Waals surface area contributed by atoms with Gasteiger partial charge in [0.05, 0.1) is 32.6 Å². The average molecular weight is 410 g/mol. The lowest BCUT2D eigenvalue weighted by Gasteiger charge is -2.14. The minimum Gasteiger partial charge on any atom is -0.493 e. The summed E-state index contributed by atoms with van der Waals surface area (Å²) in [4.78, 5) is 28.7. The van der Waals surface area contributed by atoms with Gasteiger partial charge in [-0.1, -0.05) is 6.92 Å². The van der Waals surface area contributed by atoms with E-state index in [2.05, 4.69) is 4.98 Å². The molecule has 3 aromatic rings. The Morgan fingerprint density at radius 1 is 1.07 bits per heavy atom. The molecule has 0 fully saturated rings. The third-order valence-electron chi connectivity index (χ3n) is 4.70. The summed E-state index contributed by atoms with van der Waals surface area (Å²) in [5.74, 6) is 0.392. The van der Waals surface area contributed by atoms with E-state index < -0.39 is 5.97 Å². The molecule has 0 saturated carbocycles. The average Bonchev–Trinajstić information content (AvgIpc) is 2.76. The molecule has 8 nitrogen and oxygen atoms in total. The van der Waals surface area contributed by atoms with Crippen LogP contribution in [0.25, 0.3) is 17.8 Å². The zero-order chi connectivity index (χ0) is 21.8. The molecule has 1 N–H and O–H groups in total. The number of ether oxygens (including phenoxy) is 3. The summed E-state index contributed by atoms with van der Waals surface area (Å²) < 4.78 is 17.4. The van der Waals surface area contributed by atoms with Crippen LogP contribution in [0, 0.1) is 0 Å². The summed E-state index contributed by atoms with van der Waals surface area (Å²) in [6.45, 7) is 1.85. The Labute approximate surface area is 173 Å². The Morgan fingerprint density at radius 3 is 2.40 bits per heavy atom. The SMILES string of the molecule is CCc1c(C=Cc2ccc(OC)c(OC)c2OC)nc2ccc(C(=O)O)cn2c1=O. The molecule has 0 spiro atoms. The van der Waals surface area contributed by atoms with E-state index in [1.165, 1.54) is 36.9 Å². The van der Waals surface area contributed by atoms with E-state index in [-0.39, 0.29) is 11.1 Å². The van der Waals surface area contributed by atoms with Gasteiger partial charge in [0.25, 0.3) is 5.56 Å². The van der Waals surface area contributed by atoms with Crippen molar-refractivity contribution in [3.63, 3.8) is 0 Å². The summed E-state index contributed by atoms with van der Waals surface area (Å²) in [6.07, 6.45) is 5.24. The number of fused-ring (bicyclic) bond motifs is 1. The molecule has 0 bridgehead atoms. The lowest BCUT2D eigenvalue weighted by Crippen LogP contribution is -2.22. The highest BCUT2D eigenvalue weighted by atomic mass is 16.5. The molecule has 0 unspecified atom stereocenters. The summed E-state index contributed by atoms with van der Waals surface area (Å²) in [7, 11) is 4.61. The van der Waals surface area contributed by atoms with E-state index in [0.29, 0.717) is 40.6 Å². The first-order valence-electron chi connectivity index (χ1n) is 9.20. The number of aromatic nitrogens is 2. The topological polar surface area (TPSA) is 99.4 Å². The number of methoxy groups -OCH3 is 3. The zero-order valence-electron chi connectivity index (χ0n) is 17.1. The molecular weight excluding hydrogens is 388 g/mol. The maximum Gasteiger partial charge on any atom is 0.337 e. The van der Waals surface area contributed by atoms with Gasteiger partial charge in [-0.2, -0.15) is 0 Å². The van der Waals surface area contributed by atoms with E-state index in [9.17, 15) is 14.7 Å². The number of rotatable bonds is 7. The van der Waals surface area contributed by atoms with Gasteiger partial charge in [-0.25, -0.2) is 9.78 Å². The predicted octanol–water partition coefficient (Wildman–Crippen LogP) is 3.15. The van der Waals surface area contributed by atoms with Crippen LogP contribution >= 0.6 is 0 Å². The Bertz CT molecular complexity index is 1200. The van der Waals surface area contributed by atoms with Crippen LogP contribution in [-0.2, 0) is 6.42 Å². The Hall–Kier alpha value is -3.81. The van der Waals surface area contributed by atoms with Gasteiger partial charge in [0.15, 0.2) is 11.5 Å². The maximum absolute atomic E-state index is 12.9. The van der Waals surface area contributed by atoms with Crippen molar-refractivity contribution in [1.29, 1.82) is 0 Å². The number of benzene rings is 1. The van der Waals surface area contributed by atoms with Crippen molar-refractivity contribution >= 4 is 23.8 Å². The van der Waals surface area contributed by atoms with Crippen molar-refractivity contribution in [3.05, 3.63) is 63.2 Å². The van der Waals surface area contributed by atoms with Crippen molar-refractivity contribution in [2.24, 2.45) is 0 Å². The van der Waals surface area contributed by atoms with Crippen LogP contribution in [0.4, 0.5) is 0 Å². The second-order valence-corrected chi connectivity index (χ2v) is 6.34. The summed E-state index contributed by atoms with van der Waals surface area (Å²) in [5.41, 5.74) is 1.78. The standard InChI is InChI=1S/C22H22N2O6/c1-5-15-16(23-18-11-8-14(22(26)27)12-24(18)21(15)25)9-6-13-7-10-17(28-2)20(30-4)19(13)29-3/h6-12H,5H2,1-4H3,(H,26,27). The van der Waals surface area contributed by atoms with E-state index in [4.69, 9.17) is 14.2 Å². The van der Waals surface area contributed by atoms with Crippen LogP contribution in [0.15, 0.2) is 35.3 Å². The normalized spacial score (nSPS) is 11.1. The monoisotopic (exact) mass is 410 g/mol. The summed E-state index contributed by atoms with van der Waals surface area (Å²) >= 11 is 0. The van der Waals surface area contributed by atoms with E-state index >= 15 is 0 Å². The fourth-order valence-electron chi connectivity index (χ4n) is 3.21. The third-order valence-corrected chi connectivity index (χ3v) is 4.70. The smallest absolute Gasteiger partial charge is 0.337 e. The van der Waals surface area contributed by atoms with Gasteiger partial charge >= 0.3 is 5.97 Å². The van der Waals surface area contributed by atoms with Crippen LogP contribution < -0.4 is 19.8 Å². The molecular formula is C22H22N2O6. The molecule has 0 aliphatic heterocycles. The molecule has 0 aliphatic rings. The van der Waals surface area contributed by atoms with Crippen molar-refractivity contribution in [2.75, 3.05) is 21.3 Å². The van der Waals surface area contributed by atoms with Crippen molar-refractivity contribution in [2.45, 2.75) is 13.3 Å². The number of pyridine rings is 1. The molecule has 156 valence electrons. The van der Waals surface area contributed by atoms with E-state index in [1.54, 1.807) is 25.3 Å². The lowest BCUT2D eigenvalue weighted by atomic mass is 10.1. The molecule has 2 aromatic heterocycles. The number of carbonyl (C=O) groups is 1. The number of nitrogens with zero attached hydrogens (tertiary/aromatic N) is 2. The second kappa shape index (κ2) is 8.69. The van der Waals surface area contributed by atoms with Gasteiger partial charge in [-0.05, 0) is 42.8 Å². The van der Waals surface area contributed by atoms with Gasteiger partial charge < -0.3 is 19.3 Å². The molecule has 0 saturated heterocycles. The van der Waals surface area contributed by atoms with Crippen molar-refractivity contribution in [1.82, 2.24) is 9.38 Å². The summed E-state index contributed by atoms with van der Waals surface area (Å²) in [6, 6.07) is 6.51. The minimum absolute atomic E-state index is 0.0202. The van der Waals surface area contributed by atoms with Gasteiger partial charge in [0, 0.05) is 17.3 Å². The van der Waals surface area contributed by atoms with Crippen LogP contribution in [0.5, 0.6) is 17.2 Å².